The molecule has 1 atom stereocenters. The van der Waals surface area contributed by atoms with Gasteiger partial charge in [0, 0.05) is 24.8 Å². The molecule has 0 aromatic carbocycles. The van der Waals surface area contributed by atoms with E-state index in [1.165, 1.54) is 32.4 Å². The summed E-state index contributed by atoms with van der Waals surface area (Å²) in [5.41, 5.74) is 1.03. The summed E-state index contributed by atoms with van der Waals surface area (Å²) in [6.45, 7) is 9.58. The highest BCUT2D eigenvalue weighted by atomic mass is 16.5. The van der Waals surface area contributed by atoms with Crippen LogP contribution in [0.1, 0.15) is 40.0 Å². The molecule has 0 amide bonds. The molecule has 1 unspecified atom stereocenters. The van der Waals surface area contributed by atoms with Crippen molar-refractivity contribution in [2.75, 3.05) is 25.0 Å². The molecule has 2 heterocycles. The van der Waals surface area contributed by atoms with Gasteiger partial charge >= 0.3 is 0 Å². The first kappa shape index (κ1) is 15.1. The Kier molecular flexibility index (Phi) is 5.65. The summed E-state index contributed by atoms with van der Waals surface area (Å²) in [5, 5.41) is 3.62. The topological polar surface area (TPSA) is 37.4 Å². The monoisotopic (exact) mass is 277 g/mol. The highest BCUT2D eigenvalue weighted by Gasteiger charge is 2.19. The normalized spacial score (nSPS) is 20.7. The Labute approximate surface area is 122 Å². The standard InChI is InChI=1S/C16H27N3O/c1-4-20-16-15(8-5-10-17-16)18-14-7-6-11-19(12-9-14)13(2)3/h5,8,10,13-14,18H,4,6-7,9,11-12H2,1-3H3. The molecule has 1 aliphatic heterocycles. The number of ether oxygens (including phenoxy) is 1. The Morgan fingerprint density at radius 3 is 3.00 bits per heavy atom. The van der Waals surface area contributed by atoms with Gasteiger partial charge in [0.25, 0.3) is 0 Å². The van der Waals surface area contributed by atoms with E-state index in [1.54, 1.807) is 6.20 Å². The fourth-order valence-electron chi connectivity index (χ4n) is 2.75. The SMILES string of the molecule is CCOc1ncccc1NC1CCCN(C(C)C)CC1. The van der Waals surface area contributed by atoms with Gasteiger partial charge in [-0.05, 0) is 58.7 Å². The zero-order valence-corrected chi connectivity index (χ0v) is 12.9. The van der Waals surface area contributed by atoms with E-state index in [1.807, 2.05) is 13.0 Å². The average molecular weight is 277 g/mol. The van der Waals surface area contributed by atoms with Crippen LogP contribution >= 0.6 is 0 Å². The molecule has 1 fully saturated rings. The first-order valence-electron chi connectivity index (χ1n) is 7.79. The van der Waals surface area contributed by atoms with E-state index >= 15 is 0 Å². The van der Waals surface area contributed by atoms with Crippen LogP contribution in [0.15, 0.2) is 18.3 Å². The Morgan fingerprint density at radius 1 is 1.40 bits per heavy atom. The van der Waals surface area contributed by atoms with Crippen LogP contribution < -0.4 is 10.1 Å². The van der Waals surface area contributed by atoms with Gasteiger partial charge < -0.3 is 15.0 Å². The first-order chi connectivity index (χ1) is 9.70. The minimum atomic E-state index is 0.516. The van der Waals surface area contributed by atoms with Gasteiger partial charge in [-0.3, -0.25) is 0 Å². The minimum absolute atomic E-state index is 0.516. The van der Waals surface area contributed by atoms with Gasteiger partial charge in [-0.25, -0.2) is 4.98 Å². The molecule has 1 aromatic heterocycles. The fraction of sp³-hybridized carbons (Fsp3) is 0.688. The van der Waals surface area contributed by atoms with Crippen molar-refractivity contribution in [1.29, 1.82) is 0 Å². The fourth-order valence-corrected chi connectivity index (χ4v) is 2.75. The van der Waals surface area contributed by atoms with Gasteiger partial charge in [0.2, 0.25) is 5.88 Å². The highest BCUT2D eigenvalue weighted by molar-refractivity contribution is 5.52. The third-order valence-electron chi connectivity index (χ3n) is 3.90. The van der Waals surface area contributed by atoms with E-state index in [-0.39, 0.29) is 0 Å². The van der Waals surface area contributed by atoms with Crippen molar-refractivity contribution in [2.24, 2.45) is 0 Å². The van der Waals surface area contributed by atoms with Gasteiger partial charge in [-0.1, -0.05) is 0 Å². The molecule has 0 spiro atoms. The number of aromatic nitrogens is 1. The lowest BCUT2D eigenvalue weighted by Crippen LogP contribution is -2.32. The van der Waals surface area contributed by atoms with Crippen LogP contribution in [-0.4, -0.2) is 41.7 Å². The molecule has 112 valence electrons. The molecule has 0 radical (unpaired) electrons. The second kappa shape index (κ2) is 7.48. The molecule has 4 heteroatoms. The van der Waals surface area contributed by atoms with Crippen molar-refractivity contribution in [3.8, 4) is 5.88 Å². The van der Waals surface area contributed by atoms with Gasteiger partial charge in [-0.15, -0.1) is 0 Å². The lowest BCUT2D eigenvalue weighted by molar-refractivity contribution is 0.230. The molecule has 0 aliphatic carbocycles. The summed E-state index contributed by atoms with van der Waals surface area (Å²) >= 11 is 0. The van der Waals surface area contributed by atoms with Crippen molar-refractivity contribution in [1.82, 2.24) is 9.88 Å². The highest BCUT2D eigenvalue weighted by Crippen LogP contribution is 2.24. The van der Waals surface area contributed by atoms with Crippen LogP contribution in [0.4, 0.5) is 5.69 Å². The number of hydrogen-bond donors (Lipinski definition) is 1. The van der Waals surface area contributed by atoms with E-state index in [0.29, 0.717) is 18.7 Å². The van der Waals surface area contributed by atoms with E-state index < -0.39 is 0 Å². The molecule has 1 N–H and O–H groups in total. The van der Waals surface area contributed by atoms with E-state index in [0.717, 1.165) is 11.6 Å². The molecular formula is C16H27N3O. The molecule has 1 aliphatic rings. The molecule has 20 heavy (non-hydrogen) atoms. The molecule has 1 aromatic rings. The lowest BCUT2D eigenvalue weighted by Gasteiger charge is -2.24. The maximum atomic E-state index is 5.59. The van der Waals surface area contributed by atoms with Crippen LogP contribution in [0.2, 0.25) is 0 Å². The van der Waals surface area contributed by atoms with Crippen molar-refractivity contribution < 1.29 is 4.74 Å². The van der Waals surface area contributed by atoms with Crippen molar-refractivity contribution in [3.63, 3.8) is 0 Å². The number of hydrogen-bond acceptors (Lipinski definition) is 4. The van der Waals surface area contributed by atoms with Crippen LogP contribution in [-0.2, 0) is 0 Å². The molecule has 0 saturated carbocycles. The van der Waals surface area contributed by atoms with Crippen LogP contribution in [0.25, 0.3) is 0 Å². The third-order valence-corrected chi connectivity index (χ3v) is 3.90. The van der Waals surface area contributed by atoms with Crippen molar-refractivity contribution in [2.45, 2.75) is 52.1 Å². The summed E-state index contributed by atoms with van der Waals surface area (Å²) < 4.78 is 5.59. The second-order valence-corrected chi connectivity index (χ2v) is 5.69. The zero-order chi connectivity index (χ0) is 14.4. The second-order valence-electron chi connectivity index (χ2n) is 5.69. The Bertz CT molecular complexity index is 408. The molecule has 0 bridgehead atoms. The third kappa shape index (κ3) is 4.10. The van der Waals surface area contributed by atoms with Gasteiger partial charge in [-0.2, -0.15) is 0 Å². The molecule has 2 rings (SSSR count). The van der Waals surface area contributed by atoms with Crippen molar-refractivity contribution >= 4 is 5.69 Å². The minimum Gasteiger partial charge on any atom is -0.476 e. The van der Waals surface area contributed by atoms with E-state index in [9.17, 15) is 0 Å². The first-order valence-corrected chi connectivity index (χ1v) is 7.79. The van der Waals surface area contributed by atoms with Crippen molar-refractivity contribution in [3.05, 3.63) is 18.3 Å². The van der Waals surface area contributed by atoms with Crippen LogP contribution in [0.5, 0.6) is 5.88 Å². The Balaban J connectivity index is 1.96. The maximum Gasteiger partial charge on any atom is 0.237 e. The largest absolute Gasteiger partial charge is 0.476 e. The number of nitrogens with one attached hydrogen (secondary N) is 1. The number of rotatable bonds is 5. The number of likely N-dealkylation sites (tertiary alicyclic amines) is 1. The summed E-state index contributed by atoms with van der Waals surface area (Å²) in [7, 11) is 0. The number of anilines is 1. The summed E-state index contributed by atoms with van der Waals surface area (Å²) in [5.74, 6) is 0.722. The average Bonchev–Trinajstić information content (AvgIpc) is 2.67. The molecular weight excluding hydrogens is 250 g/mol. The van der Waals surface area contributed by atoms with Gasteiger partial charge in [0.05, 0.1) is 12.3 Å². The molecule has 4 nitrogen and oxygen atoms in total. The van der Waals surface area contributed by atoms with Crippen LogP contribution in [0, 0.1) is 0 Å². The zero-order valence-electron chi connectivity index (χ0n) is 12.9. The van der Waals surface area contributed by atoms with E-state index in [2.05, 4.69) is 35.1 Å². The Hall–Kier alpha value is -1.29. The quantitative estimate of drug-likeness (QED) is 0.897. The molecule has 1 saturated heterocycles. The number of nitrogens with zero attached hydrogens (tertiary/aromatic N) is 2. The number of pyridine rings is 1. The smallest absolute Gasteiger partial charge is 0.237 e. The summed E-state index contributed by atoms with van der Waals surface area (Å²) in [4.78, 5) is 6.87. The predicted molar refractivity (Wildman–Crippen MR) is 83.4 cm³/mol. The maximum absolute atomic E-state index is 5.59. The van der Waals surface area contributed by atoms with Crippen LogP contribution in [0.3, 0.4) is 0 Å². The predicted octanol–water partition coefficient (Wildman–Crippen LogP) is 3.16. The van der Waals surface area contributed by atoms with E-state index in [4.69, 9.17) is 4.74 Å². The summed E-state index contributed by atoms with van der Waals surface area (Å²) in [6, 6.07) is 5.18. The summed E-state index contributed by atoms with van der Waals surface area (Å²) in [6.07, 6.45) is 5.42. The Morgan fingerprint density at radius 2 is 2.25 bits per heavy atom. The lowest BCUT2D eigenvalue weighted by atomic mass is 10.1. The van der Waals surface area contributed by atoms with Gasteiger partial charge in [0.15, 0.2) is 0 Å². The van der Waals surface area contributed by atoms with Gasteiger partial charge in [0.1, 0.15) is 0 Å².